The van der Waals surface area contributed by atoms with Crippen molar-refractivity contribution in [3.63, 3.8) is 0 Å². The summed E-state index contributed by atoms with van der Waals surface area (Å²) in [6, 6.07) is 3.55. The molecular formula is C17H22N2O4. The van der Waals surface area contributed by atoms with Gasteiger partial charge in [-0.2, -0.15) is 0 Å². The zero-order chi connectivity index (χ0) is 16.2. The molecule has 0 radical (unpaired) electrons. The first kappa shape index (κ1) is 15.8. The summed E-state index contributed by atoms with van der Waals surface area (Å²) >= 11 is 0. The first-order valence-electron chi connectivity index (χ1n) is 8.26. The normalized spacial score (nSPS) is 24.9. The number of ether oxygens (including phenoxy) is 2. The minimum Gasteiger partial charge on any atom is -0.460 e. The molecule has 3 heterocycles. The fraction of sp³-hybridized carbons (Fsp3) is 0.588. The molecule has 2 fully saturated rings. The average Bonchev–Trinajstić information content (AvgIpc) is 2.75. The van der Waals surface area contributed by atoms with Crippen LogP contribution in [0.25, 0.3) is 0 Å². The van der Waals surface area contributed by atoms with Gasteiger partial charge in [-0.15, -0.1) is 0 Å². The van der Waals surface area contributed by atoms with Crippen molar-refractivity contribution in [3.8, 4) is 0 Å². The number of hydrogen-bond acceptors (Lipinski definition) is 6. The largest absolute Gasteiger partial charge is 0.460 e. The van der Waals surface area contributed by atoms with Crippen molar-refractivity contribution in [3.05, 3.63) is 23.9 Å². The Hall–Kier alpha value is -2.11. The van der Waals surface area contributed by atoms with E-state index in [0.29, 0.717) is 12.0 Å². The Morgan fingerprint density at radius 2 is 2.00 bits per heavy atom. The van der Waals surface area contributed by atoms with Gasteiger partial charge in [0, 0.05) is 25.7 Å². The van der Waals surface area contributed by atoms with Gasteiger partial charge in [0.1, 0.15) is 11.9 Å². The SMILES string of the molecule is C[C@H]1C[C@H](OC(=O)c2ccc(N3CCCCCC3)nc2)C(=O)O1. The number of anilines is 1. The number of nitrogens with zero attached hydrogens (tertiary/aromatic N) is 2. The second kappa shape index (κ2) is 6.98. The average molecular weight is 318 g/mol. The molecule has 1 aromatic heterocycles. The van der Waals surface area contributed by atoms with Gasteiger partial charge >= 0.3 is 11.9 Å². The lowest BCUT2D eigenvalue weighted by molar-refractivity contribution is -0.147. The third-order valence-electron chi connectivity index (χ3n) is 4.29. The van der Waals surface area contributed by atoms with Crippen molar-refractivity contribution in [1.29, 1.82) is 0 Å². The molecule has 6 nitrogen and oxygen atoms in total. The van der Waals surface area contributed by atoms with E-state index in [9.17, 15) is 9.59 Å². The number of carbonyl (C=O) groups excluding carboxylic acids is 2. The topological polar surface area (TPSA) is 68.7 Å². The molecule has 0 aliphatic carbocycles. The lowest BCUT2D eigenvalue weighted by Gasteiger charge is -2.21. The highest BCUT2D eigenvalue weighted by molar-refractivity contribution is 5.91. The summed E-state index contributed by atoms with van der Waals surface area (Å²) in [5.41, 5.74) is 0.357. The van der Waals surface area contributed by atoms with Gasteiger partial charge in [-0.05, 0) is 31.9 Å². The minimum atomic E-state index is -0.803. The molecular weight excluding hydrogens is 296 g/mol. The van der Waals surface area contributed by atoms with Gasteiger partial charge in [0.05, 0.1) is 5.56 Å². The van der Waals surface area contributed by atoms with Crippen LogP contribution in [0.3, 0.4) is 0 Å². The van der Waals surface area contributed by atoms with Gasteiger partial charge in [0.15, 0.2) is 0 Å². The Morgan fingerprint density at radius 1 is 1.26 bits per heavy atom. The van der Waals surface area contributed by atoms with E-state index < -0.39 is 18.0 Å². The standard InChI is InChI=1S/C17H22N2O4/c1-12-10-14(17(21)22-12)23-16(20)13-6-7-15(18-11-13)19-8-4-2-3-5-9-19/h6-7,11-12,14H,2-5,8-10H2,1H3/t12-,14-/m0/s1. The molecule has 23 heavy (non-hydrogen) atoms. The molecule has 2 aliphatic heterocycles. The van der Waals surface area contributed by atoms with Crippen molar-refractivity contribution in [2.24, 2.45) is 0 Å². The molecule has 6 heteroatoms. The molecule has 2 saturated heterocycles. The van der Waals surface area contributed by atoms with Crippen LogP contribution in [0.4, 0.5) is 5.82 Å². The molecule has 0 amide bonds. The summed E-state index contributed by atoms with van der Waals surface area (Å²) in [7, 11) is 0. The van der Waals surface area contributed by atoms with Gasteiger partial charge in [0.25, 0.3) is 0 Å². The smallest absolute Gasteiger partial charge is 0.347 e. The van der Waals surface area contributed by atoms with Gasteiger partial charge in [0.2, 0.25) is 6.10 Å². The second-order valence-electron chi connectivity index (χ2n) is 6.18. The minimum absolute atomic E-state index is 0.205. The van der Waals surface area contributed by atoms with Crippen LogP contribution in [-0.2, 0) is 14.3 Å². The Balaban J connectivity index is 1.62. The molecule has 0 unspecified atom stereocenters. The number of hydrogen-bond donors (Lipinski definition) is 0. The highest BCUT2D eigenvalue weighted by atomic mass is 16.6. The van der Waals surface area contributed by atoms with Crippen molar-refractivity contribution >= 4 is 17.8 Å². The van der Waals surface area contributed by atoms with E-state index in [4.69, 9.17) is 9.47 Å². The summed E-state index contributed by atoms with van der Waals surface area (Å²) in [5, 5.41) is 0. The molecule has 0 saturated carbocycles. The number of pyridine rings is 1. The molecule has 3 rings (SSSR count). The van der Waals surface area contributed by atoms with E-state index in [2.05, 4.69) is 9.88 Å². The monoisotopic (exact) mass is 318 g/mol. The fourth-order valence-electron chi connectivity index (χ4n) is 3.01. The molecule has 0 spiro atoms. The maximum Gasteiger partial charge on any atom is 0.347 e. The van der Waals surface area contributed by atoms with Gasteiger partial charge < -0.3 is 14.4 Å². The van der Waals surface area contributed by atoms with Crippen LogP contribution in [-0.4, -0.2) is 42.2 Å². The number of aromatic nitrogens is 1. The predicted octanol–water partition coefficient (Wildman–Crippen LogP) is 2.32. The van der Waals surface area contributed by atoms with E-state index in [-0.39, 0.29) is 6.10 Å². The number of esters is 2. The maximum absolute atomic E-state index is 12.1. The summed E-state index contributed by atoms with van der Waals surface area (Å²) in [6.45, 7) is 3.79. The van der Waals surface area contributed by atoms with E-state index in [1.165, 1.54) is 31.9 Å². The van der Waals surface area contributed by atoms with Crippen LogP contribution in [0.2, 0.25) is 0 Å². The van der Waals surface area contributed by atoms with Crippen LogP contribution in [0.5, 0.6) is 0 Å². The van der Waals surface area contributed by atoms with Gasteiger partial charge in [-0.25, -0.2) is 14.6 Å². The van der Waals surface area contributed by atoms with Crippen molar-refractivity contribution < 1.29 is 19.1 Å². The highest BCUT2D eigenvalue weighted by Gasteiger charge is 2.35. The number of rotatable bonds is 3. The number of cyclic esters (lactones) is 1. The predicted molar refractivity (Wildman–Crippen MR) is 84.3 cm³/mol. The Labute approximate surface area is 135 Å². The summed E-state index contributed by atoms with van der Waals surface area (Å²) < 4.78 is 10.2. The Kier molecular flexibility index (Phi) is 4.79. The summed E-state index contributed by atoms with van der Waals surface area (Å²) in [5.74, 6) is -0.117. The van der Waals surface area contributed by atoms with E-state index >= 15 is 0 Å². The van der Waals surface area contributed by atoms with E-state index in [0.717, 1.165) is 18.9 Å². The number of carbonyl (C=O) groups is 2. The maximum atomic E-state index is 12.1. The first-order chi connectivity index (χ1) is 11.1. The summed E-state index contributed by atoms with van der Waals surface area (Å²) in [6.07, 6.45) is 5.79. The lowest BCUT2D eigenvalue weighted by Crippen LogP contribution is -2.25. The fourth-order valence-corrected chi connectivity index (χ4v) is 3.01. The molecule has 0 aromatic carbocycles. The van der Waals surface area contributed by atoms with Crippen LogP contribution >= 0.6 is 0 Å². The second-order valence-corrected chi connectivity index (χ2v) is 6.18. The zero-order valence-electron chi connectivity index (χ0n) is 13.4. The molecule has 0 bridgehead atoms. The van der Waals surface area contributed by atoms with Crippen molar-refractivity contribution in [1.82, 2.24) is 4.98 Å². The third-order valence-corrected chi connectivity index (χ3v) is 4.29. The highest BCUT2D eigenvalue weighted by Crippen LogP contribution is 2.20. The molecule has 0 N–H and O–H groups in total. The van der Waals surface area contributed by atoms with Crippen LogP contribution in [0.1, 0.15) is 49.4 Å². The van der Waals surface area contributed by atoms with Gasteiger partial charge in [-0.3, -0.25) is 0 Å². The van der Waals surface area contributed by atoms with Gasteiger partial charge in [-0.1, -0.05) is 12.8 Å². The van der Waals surface area contributed by atoms with Crippen molar-refractivity contribution in [2.45, 2.75) is 51.2 Å². The zero-order valence-corrected chi connectivity index (χ0v) is 13.4. The van der Waals surface area contributed by atoms with Crippen LogP contribution in [0.15, 0.2) is 18.3 Å². The molecule has 2 aliphatic rings. The van der Waals surface area contributed by atoms with Crippen LogP contribution < -0.4 is 4.90 Å². The Morgan fingerprint density at radius 3 is 2.57 bits per heavy atom. The Bertz CT molecular complexity index is 564. The van der Waals surface area contributed by atoms with E-state index in [1.807, 2.05) is 6.07 Å². The first-order valence-corrected chi connectivity index (χ1v) is 8.26. The quantitative estimate of drug-likeness (QED) is 0.797. The summed E-state index contributed by atoms with van der Waals surface area (Å²) in [4.78, 5) is 30.3. The van der Waals surface area contributed by atoms with Crippen LogP contribution in [0, 0.1) is 0 Å². The lowest BCUT2D eigenvalue weighted by atomic mass is 10.2. The molecule has 1 aromatic rings. The third kappa shape index (κ3) is 3.81. The van der Waals surface area contributed by atoms with E-state index in [1.54, 1.807) is 13.0 Å². The van der Waals surface area contributed by atoms with Crippen molar-refractivity contribution in [2.75, 3.05) is 18.0 Å². The molecule has 124 valence electrons. The molecule has 2 atom stereocenters.